The van der Waals surface area contributed by atoms with Gasteiger partial charge in [-0.15, -0.1) is 0 Å². The highest BCUT2D eigenvalue weighted by Gasteiger charge is 2.28. The molecule has 2 N–H and O–H groups in total. The maximum atomic E-state index is 12.3. The van der Waals surface area contributed by atoms with Gasteiger partial charge in [-0.25, -0.2) is 4.79 Å². The molecule has 4 rings (SSSR count). The molecule has 0 saturated carbocycles. The van der Waals surface area contributed by atoms with Crippen LogP contribution in [0.25, 0.3) is 11.3 Å². The van der Waals surface area contributed by atoms with Crippen LogP contribution >= 0.6 is 0 Å². The molecule has 6 heteroatoms. The highest BCUT2D eigenvalue weighted by atomic mass is 16.5. The van der Waals surface area contributed by atoms with E-state index in [9.17, 15) is 9.59 Å². The van der Waals surface area contributed by atoms with Gasteiger partial charge in [0.15, 0.2) is 0 Å². The number of aromatic nitrogens is 1. The molecule has 2 aromatic carbocycles. The second kappa shape index (κ2) is 7.92. The number of anilines is 1. The predicted octanol–water partition coefficient (Wildman–Crippen LogP) is 3.54. The van der Waals surface area contributed by atoms with Crippen LogP contribution in [0.3, 0.4) is 0 Å². The second-order valence-corrected chi connectivity index (χ2v) is 6.54. The van der Waals surface area contributed by atoms with E-state index in [0.717, 1.165) is 22.4 Å². The van der Waals surface area contributed by atoms with Gasteiger partial charge in [-0.05, 0) is 17.2 Å². The van der Waals surface area contributed by atoms with Gasteiger partial charge in [0, 0.05) is 12.0 Å². The Labute approximate surface area is 162 Å². The Hall–Kier alpha value is -3.67. The second-order valence-electron chi connectivity index (χ2n) is 6.54. The summed E-state index contributed by atoms with van der Waals surface area (Å²) in [6, 6.07) is 20.4. The van der Waals surface area contributed by atoms with Crippen LogP contribution in [-0.2, 0) is 22.6 Å². The SMILES string of the molecule is O=C(NC1Cc2cc(-c3ccccc3)ncc2NC1=O)OCc1ccccc1. The maximum absolute atomic E-state index is 12.3. The van der Waals surface area contributed by atoms with Crippen LogP contribution in [-0.4, -0.2) is 23.0 Å². The number of alkyl carbamates (subject to hydrolysis) is 1. The van der Waals surface area contributed by atoms with Gasteiger partial charge in [0.1, 0.15) is 12.6 Å². The quantitative estimate of drug-likeness (QED) is 0.733. The molecule has 0 fully saturated rings. The van der Waals surface area contributed by atoms with Crippen molar-refractivity contribution in [2.45, 2.75) is 19.1 Å². The summed E-state index contributed by atoms with van der Waals surface area (Å²) < 4.78 is 5.22. The number of amides is 2. The van der Waals surface area contributed by atoms with E-state index in [1.165, 1.54) is 0 Å². The lowest BCUT2D eigenvalue weighted by Crippen LogP contribution is -2.47. The van der Waals surface area contributed by atoms with Crippen LogP contribution in [0.4, 0.5) is 10.5 Å². The summed E-state index contributed by atoms with van der Waals surface area (Å²) >= 11 is 0. The fourth-order valence-corrected chi connectivity index (χ4v) is 3.10. The first-order chi connectivity index (χ1) is 13.7. The van der Waals surface area contributed by atoms with Crippen molar-refractivity contribution in [2.24, 2.45) is 0 Å². The molecule has 140 valence electrons. The molecule has 1 aliphatic heterocycles. The van der Waals surface area contributed by atoms with Crippen LogP contribution in [0, 0.1) is 0 Å². The molecular formula is C22H19N3O3. The summed E-state index contributed by atoms with van der Waals surface area (Å²) in [5.74, 6) is -0.279. The third-order valence-electron chi connectivity index (χ3n) is 4.56. The first-order valence-electron chi connectivity index (χ1n) is 9.01. The fourth-order valence-electron chi connectivity index (χ4n) is 3.10. The van der Waals surface area contributed by atoms with Gasteiger partial charge in [0.05, 0.1) is 17.6 Å². The zero-order chi connectivity index (χ0) is 19.3. The number of benzene rings is 2. The van der Waals surface area contributed by atoms with Crippen LogP contribution in [0.15, 0.2) is 72.9 Å². The minimum Gasteiger partial charge on any atom is -0.445 e. The van der Waals surface area contributed by atoms with Crippen LogP contribution in [0.1, 0.15) is 11.1 Å². The lowest BCUT2D eigenvalue weighted by Gasteiger charge is -2.25. The number of pyridine rings is 1. The van der Waals surface area contributed by atoms with E-state index in [4.69, 9.17) is 4.74 Å². The van der Waals surface area contributed by atoms with Gasteiger partial charge in [-0.1, -0.05) is 60.7 Å². The van der Waals surface area contributed by atoms with Crippen molar-refractivity contribution < 1.29 is 14.3 Å². The van der Waals surface area contributed by atoms with Gasteiger partial charge in [0.2, 0.25) is 5.91 Å². The Bertz CT molecular complexity index is 990. The molecule has 1 aliphatic rings. The first kappa shape index (κ1) is 17.7. The molecule has 6 nitrogen and oxygen atoms in total. The lowest BCUT2D eigenvalue weighted by atomic mass is 9.98. The molecule has 0 spiro atoms. The van der Waals surface area contributed by atoms with Gasteiger partial charge in [-0.2, -0.15) is 0 Å². The molecule has 28 heavy (non-hydrogen) atoms. The van der Waals surface area contributed by atoms with Crippen LogP contribution in [0.5, 0.6) is 0 Å². The van der Waals surface area contributed by atoms with Gasteiger partial charge in [0.25, 0.3) is 0 Å². The van der Waals surface area contributed by atoms with Crippen LogP contribution < -0.4 is 10.6 Å². The van der Waals surface area contributed by atoms with E-state index in [1.807, 2.05) is 66.7 Å². The van der Waals surface area contributed by atoms with E-state index in [-0.39, 0.29) is 12.5 Å². The number of hydrogen-bond donors (Lipinski definition) is 2. The van der Waals surface area contributed by atoms with Gasteiger partial charge < -0.3 is 15.4 Å². The van der Waals surface area contributed by atoms with Crippen molar-refractivity contribution in [3.63, 3.8) is 0 Å². The van der Waals surface area contributed by atoms with Crippen molar-refractivity contribution in [3.8, 4) is 11.3 Å². The number of hydrogen-bond acceptors (Lipinski definition) is 4. The monoisotopic (exact) mass is 373 g/mol. The molecule has 0 radical (unpaired) electrons. The number of carbonyl (C=O) groups is 2. The highest BCUT2D eigenvalue weighted by Crippen LogP contribution is 2.26. The zero-order valence-corrected chi connectivity index (χ0v) is 15.1. The summed E-state index contributed by atoms with van der Waals surface area (Å²) in [5.41, 5.74) is 4.28. The summed E-state index contributed by atoms with van der Waals surface area (Å²) in [5, 5.41) is 5.44. The maximum Gasteiger partial charge on any atom is 0.408 e. The molecule has 1 aromatic heterocycles. The van der Waals surface area contributed by atoms with Crippen LogP contribution in [0.2, 0.25) is 0 Å². The molecule has 0 saturated heterocycles. The predicted molar refractivity (Wildman–Crippen MR) is 106 cm³/mol. The van der Waals surface area contributed by atoms with E-state index in [0.29, 0.717) is 12.1 Å². The van der Waals surface area contributed by atoms with Crippen molar-refractivity contribution in [2.75, 3.05) is 5.32 Å². The van der Waals surface area contributed by atoms with Crippen molar-refractivity contribution in [3.05, 3.63) is 84.1 Å². The molecular weight excluding hydrogens is 354 g/mol. The summed E-state index contributed by atoms with van der Waals surface area (Å²) in [6.45, 7) is 0.152. The first-order valence-corrected chi connectivity index (χ1v) is 9.01. The normalized spacial score (nSPS) is 15.3. The third kappa shape index (κ3) is 4.01. The van der Waals surface area contributed by atoms with E-state index >= 15 is 0 Å². The van der Waals surface area contributed by atoms with Crippen molar-refractivity contribution in [1.82, 2.24) is 10.3 Å². The highest BCUT2D eigenvalue weighted by molar-refractivity contribution is 5.99. The Balaban J connectivity index is 1.43. The smallest absolute Gasteiger partial charge is 0.408 e. The van der Waals surface area contributed by atoms with Crippen molar-refractivity contribution in [1.29, 1.82) is 0 Å². The van der Waals surface area contributed by atoms with E-state index < -0.39 is 12.1 Å². The number of carbonyl (C=O) groups excluding carboxylic acids is 2. The molecule has 0 bridgehead atoms. The molecule has 0 aliphatic carbocycles. The molecule has 1 atom stereocenters. The Kier molecular flexibility index (Phi) is 5.01. The Morgan fingerprint density at radius 3 is 2.57 bits per heavy atom. The van der Waals surface area contributed by atoms with Gasteiger partial charge >= 0.3 is 6.09 Å². The number of nitrogens with one attached hydrogen (secondary N) is 2. The standard InChI is InChI=1S/C22H19N3O3/c26-21-19(25-22(27)28-14-15-7-3-1-4-8-15)12-17-11-18(23-13-20(17)24-21)16-9-5-2-6-10-16/h1-11,13,19H,12,14H2,(H,24,26)(H,25,27). The minimum atomic E-state index is -0.693. The topological polar surface area (TPSA) is 80.3 Å². The zero-order valence-electron chi connectivity index (χ0n) is 15.1. The molecule has 3 aromatic rings. The third-order valence-corrected chi connectivity index (χ3v) is 4.56. The molecule has 2 amide bonds. The Morgan fingerprint density at radius 1 is 1.11 bits per heavy atom. The Morgan fingerprint density at radius 2 is 1.82 bits per heavy atom. The minimum absolute atomic E-state index is 0.152. The van der Waals surface area contributed by atoms with Crippen molar-refractivity contribution >= 4 is 17.7 Å². The average molecular weight is 373 g/mol. The molecule has 1 unspecified atom stereocenters. The largest absolute Gasteiger partial charge is 0.445 e. The number of ether oxygens (including phenoxy) is 1. The summed E-state index contributed by atoms with van der Waals surface area (Å²) in [4.78, 5) is 28.8. The fraction of sp³-hybridized carbons (Fsp3) is 0.136. The average Bonchev–Trinajstić information content (AvgIpc) is 2.74. The summed E-state index contributed by atoms with van der Waals surface area (Å²) in [6.07, 6.45) is 1.41. The lowest BCUT2D eigenvalue weighted by molar-refractivity contribution is -0.118. The number of nitrogens with zero attached hydrogens (tertiary/aromatic N) is 1. The number of rotatable bonds is 4. The number of fused-ring (bicyclic) bond motifs is 1. The summed E-state index contributed by atoms with van der Waals surface area (Å²) in [7, 11) is 0. The van der Waals surface area contributed by atoms with Gasteiger partial charge in [-0.3, -0.25) is 9.78 Å². The van der Waals surface area contributed by atoms with E-state index in [2.05, 4.69) is 15.6 Å². The van der Waals surface area contributed by atoms with E-state index in [1.54, 1.807) is 6.20 Å². The molecule has 2 heterocycles.